The molecule has 0 unspecified atom stereocenters. The summed E-state index contributed by atoms with van der Waals surface area (Å²) in [5, 5.41) is 3.47. The van der Waals surface area contributed by atoms with Gasteiger partial charge in [-0.3, -0.25) is 4.90 Å². The first-order valence-corrected chi connectivity index (χ1v) is 7.43. The minimum Gasteiger partial charge on any atom is -0.314 e. The Morgan fingerprint density at radius 1 is 0.889 bits per heavy atom. The first kappa shape index (κ1) is 14.3. The molecule has 2 rings (SSSR count). The Morgan fingerprint density at radius 3 is 1.89 bits per heavy atom. The minimum absolute atomic E-state index is 0.379. The van der Waals surface area contributed by atoms with Gasteiger partial charge in [0, 0.05) is 44.8 Å². The van der Waals surface area contributed by atoms with Crippen LogP contribution in [0.4, 0.5) is 0 Å². The van der Waals surface area contributed by atoms with Crippen LogP contribution in [0.1, 0.15) is 19.8 Å². The largest absolute Gasteiger partial charge is 0.314 e. The summed E-state index contributed by atoms with van der Waals surface area (Å²) >= 11 is 0. The van der Waals surface area contributed by atoms with Crippen LogP contribution in [0.5, 0.6) is 0 Å². The summed E-state index contributed by atoms with van der Waals surface area (Å²) in [7, 11) is 4.32. The lowest BCUT2D eigenvalue weighted by Gasteiger charge is -2.40. The molecule has 0 aromatic rings. The second kappa shape index (κ2) is 6.33. The Hall–Kier alpha value is -0.160. The summed E-state index contributed by atoms with van der Waals surface area (Å²) in [4.78, 5) is 7.68. The third kappa shape index (κ3) is 3.92. The Bertz CT molecular complexity index is 240. The second-order valence-corrected chi connectivity index (χ2v) is 6.30. The predicted octanol–water partition coefficient (Wildman–Crippen LogP) is 0.308. The first-order valence-electron chi connectivity index (χ1n) is 7.43. The highest BCUT2D eigenvalue weighted by Crippen LogP contribution is 2.20. The summed E-state index contributed by atoms with van der Waals surface area (Å²) in [5.74, 6) is 0. The maximum Gasteiger partial charge on any atom is 0.0174 e. The van der Waals surface area contributed by atoms with Crippen LogP contribution in [-0.2, 0) is 0 Å². The SMILES string of the molecule is CNC1(C)CCN(CCN2CCN(C)CC2)CC1. The number of piperidine rings is 1. The molecule has 0 bridgehead atoms. The van der Waals surface area contributed by atoms with Gasteiger partial charge < -0.3 is 15.1 Å². The monoisotopic (exact) mass is 254 g/mol. The maximum absolute atomic E-state index is 3.47. The molecule has 0 amide bonds. The Labute approximate surface area is 112 Å². The van der Waals surface area contributed by atoms with E-state index in [0.29, 0.717) is 5.54 Å². The number of nitrogens with one attached hydrogen (secondary N) is 1. The zero-order valence-electron chi connectivity index (χ0n) is 12.4. The van der Waals surface area contributed by atoms with Gasteiger partial charge in [0.05, 0.1) is 0 Å². The van der Waals surface area contributed by atoms with Gasteiger partial charge >= 0.3 is 0 Å². The van der Waals surface area contributed by atoms with Crippen molar-refractivity contribution < 1.29 is 0 Å². The van der Waals surface area contributed by atoms with Crippen LogP contribution < -0.4 is 5.32 Å². The van der Waals surface area contributed by atoms with Gasteiger partial charge in [-0.2, -0.15) is 0 Å². The molecule has 0 radical (unpaired) electrons. The average molecular weight is 254 g/mol. The molecule has 0 atom stereocenters. The van der Waals surface area contributed by atoms with Crippen molar-refractivity contribution in [2.45, 2.75) is 25.3 Å². The van der Waals surface area contributed by atoms with Crippen molar-refractivity contribution in [3.63, 3.8) is 0 Å². The number of likely N-dealkylation sites (tertiary alicyclic amines) is 1. The van der Waals surface area contributed by atoms with Crippen LogP contribution in [-0.4, -0.2) is 86.7 Å². The molecule has 2 saturated heterocycles. The number of rotatable bonds is 4. The molecule has 4 heteroatoms. The number of piperazine rings is 1. The lowest BCUT2D eigenvalue weighted by molar-refractivity contribution is 0.110. The normalized spacial score (nSPS) is 27.5. The lowest BCUT2D eigenvalue weighted by Crippen LogP contribution is -2.52. The van der Waals surface area contributed by atoms with Gasteiger partial charge in [-0.1, -0.05) is 0 Å². The van der Waals surface area contributed by atoms with E-state index in [-0.39, 0.29) is 0 Å². The van der Waals surface area contributed by atoms with Crippen LogP contribution >= 0.6 is 0 Å². The van der Waals surface area contributed by atoms with E-state index in [1.165, 1.54) is 65.2 Å². The fraction of sp³-hybridized carbons (Fsp3) is 1.00. The van der Waals surface area contributed by atoms with Crippen LogP contribution in [0.3, 0.4) is 0 Å². The summed E-state index contributed by atoms with van der Waals surface area (Å²) in [6.07, 6.45) is 2.57. The van der Waals surface area contributed by atoms with E-state index in [1.807, 2.05) is 0 Å². The van der Waals surface area contributed by atoms with Crippen molar-refractivity contribution in [2.75, 3.05) is 66.5 Å². The number of hydrogen-bond acceptors (Lipinski definition) is 4. The molecule has 2 fully saturated rings. The number of hydrogen-bond donors (Lipinski definition) is 1. The smallest absolute Gasteiger partial charge is 0.0174 e. The van der Waals surface area contributed by atoms with Gasteiger partial charge in [-0.15, -0.1) is 0 Å². The molecule has 0 spiro atoms. The van der Waals surface area contributed by atoms with E-state index in [1.54, 1.807) is 0 Å². The maximum atomic E-state index is 3.47. The van der Waals surface area contributed by atoms with Crippen molar-refractivity contribution in [2.24, 2.45) is 0 Å². The Morgan fingerprint density at radius 2 is 1.39 bits per heavy atom. The molecule has 2 aliphatic heterocycles. The highest BCUT2D eigenvalue weighted by Gasteiger charge is 2.28. The standard InChI is InChI=1S/C14H30N4/c1-14(15-2)4-6-17(7-5-14)12-13-18-10-8-16(3)9-11-18/h15H,4-13H2,1-3H3. The summed E-state index contributed by atoms with van der Waals surface area (Å²) in [6.45, 7) is 12.3. The highest BCUT2D eigenvalue weighted by molar-refractivity contribution is 4.88. The van der Waals surface area contributed by atoms with Crippen molar-refractivity contribution >= 4 is 0 Å². The topological polar surface area (TPSA) is 21.8 Å². The van der Waals surface area contributed by atoms with E-state index in [9.17, 15) is 0 Å². The molecule has 18 heavy (non-hydrogen) atoms. The number of likely N-dealkylation sites (N-methyl/N-ethyl adjacent to an activating group) is 1. The van der Waals surface area contributed by atoms with E-state index in [2.05, 4.69) is 41.0 Å². The summed E-state index contributed by atoms with van der Waals surface area (Å²) in [5.41, 5.74) is 0.379. The fourth-order valence-electron chi connectivity index (χ4n) is 2.87. The summed E-state index contributed by atoms with van der Waals surface area (Å²) < 4.78 is 0. The Balaban J connectivity index is 1.63. The van der Waals surface area contributed by atoms with Gasteiger partial charge in [-0.25, -0.2) is 0 Å². The fourth-order valence-corrected chi connectivity index (χ4v) is 2.87. The molecule has 0 aliphatic carbocycles. The molecule has 1 N–H and O–H groups in total. The van der Waals surface area contributed by atoms with Crippen molar-refractivity contribution in [3.8, 4) is 0 Å². The molecule has 4 nitrogen and oxygen atoms in total. The zero-order valence-corrected chi connectivity index (χ0v) is 12.4. The molecular weight excluding hydrogens is 224 g/mol. The second-order valence-electron chi connectivity index (χ2n) is 6.30. The predicted molar refractivity (Wildman–Crippen MR) is 77.1 cm³/mol. The molecule has 2 heterocycles. The molecule has 2 aliphatic rings. The van der Waals surface area contributed by atoms with Crippen molar-refractivity contribution in [1.82, 2.24) is 20.0 Å². The van der Waals surface area contributed by atoms with E-state index in [0.717, 1.165) is 0 Å². The van der Waals surface area contributed by atoms with Gasteiger partial charge in [0.2, 0.25) is 0 Å². The van der Waals surface area contributed by atoms with Gasteiger partial charge in [0.1, 0.15) is 0 Å². The average Bonchev–Trinajstić information content (AvgIpc) is 2.40. The molecule has 0 saturated carbocycles. The molecule has 0 aromatic heterocycles. The van der Waals surface area contributed by atoms with Crippen molar-refractivity contribution in [1.29, 1.82) is 0 Å². The third-order valence-electron chi connectivity index (χ3n) is 4.89. The number of nitrogens with zero attached hydrogens (tertiary/aromatic N) is 3. The molecule has 0 aromatic carbocycles. The lowest BCUT2D eigenvalue weighted by atomic mass is 9.90. The van der Waals surface area contributed by atoms with E-state index in [4.69, 9.17) is 0 Å². The Kier molecular flexibility index (Phi) is 5.01. The first-order chi connectivity index (χ1) is 8.61. The highest BCUT2D eigenvalue weighted by atomic mass is 15.3. The van der Waals surface area contributed by atoms with E-state index < -0.39 is 0 Å². The van der Waals surface area contributed by atoms with Crippen molar-refractivity contribution in [3.05, 3.63) is 0 Å². The van der Waals surface area contributed by atoms with Gasteiger partial charge in [0.25, 0.3) is 0 Å². The zero-order chi connectivity index (χ0) is 13.0. The van der Waals surface area contributed by atoms with Crippen LogP contribution in [0.25, 0.3) is 0 Å². The molecular formula is C14H30N4. The quantitative estimate of drug-likeness (QED) is 0.779. The molecule has 106 valence electrons. The minimum atomic E-state index is 0.379. The van der Waals surface area contributed by atoms with Crippen LogP contribution in [0.15, 0.2) is 0 Å². The van der Waals surface area contributed by atoms with Gasteiger partial charge in [-0.05, 0) is 47.0 Å². The summed E-state index contributed by atoms with van der Waals surface area (Å²) in [6, 6.07) is 0. The third-order valence-corrected chi connectivity index (χ3v) is 4.89. The van der Waals surface area contributed by atoms with Gasteiger partial charge in [0.15, 0.2) is 0 Å². The van der Waals surface area contributed by atoms with Crippen LogP contribution in [0, 0.1) is 0 Å². The van der Waals surface area contributed by atoms with Crippen LogP contribution in [0.2, 0.25) is 0 Å². The van der Waals surface area contributed by atoms with E-state index >= 15 is 0 Å².